The Morgan fingerprint density at radius 2 is 2.25 bits per heavy atom. The molecule has 0 radical (unpaired) electrons. The van der Waals surface area contributed by atoms with Crippen LogP contribution in [0.15, 0.2) is 11.9 Å². The van der Waals surface area contributed by atoms with E-state index in [2.05, 4.69) is 32.2 Å². The summed E-state index contributed by atoms with van der Waals surface area (Å²) in [5, 5.41) is 3.23. The number of allylic oxidation sites excluding steroid dienone is 1. The van der Waals surface area contributed by atoms with E-state index in [9.17, 15) is 0 Å². The van der Waals surface area contributed by atoms with Gasteiger partial charge >= 0.3 is 0 Å². The minimum atomic E-state index is 0.256. The van der Waals surface area contributed by atoms with Crippen molar-refractivity contribution in [2.75, 3.05) is 6.54 Å². The zero-order valence-electron chi connectivity index (χ0n) is 8.35. The number of nitrogens with two attached hydrogens (primary N) is 1. The molecule has 70 valence electrons. The van der Waals surface area contributed by atoms with Crippen LogP contribution in [0.1, 0.15) is 33.6 Å². The molecule has 1 unspecified atom stereocenters. The highest BCUT2D eigenvalue weighted by Crippen LogP contribution is 2.27. The lowest BCUT2D eigenvalue weighted by atomic mass is 9.84. The maximum absolute atomic E-state index is 5.79. The highest BCUT2D eigenvalue weighted by Gasteiger charge is 2.19. The van der Waals surface area contributed by atoms with E-state index in [1.807, 2.05) is 0 Å². The van der Waals surface area contributed by atoms with Gasteiger partial charge in [-0.05, 0) is 30.3 Å². The Morgan fingerprint density at radius 1 is 1.58 bits per heavy atom. The van der Waals surface area contributed by atoms with E-state index >= 15 is 0 Å². The summed E-state index contributed by atoms with van der Waals surface area (Å²) in [6, 6.07) is 0. The standard InChI is InChI=1S/C10H20N2/c1-8-4-5-10(2,3)6-9(11)12-7-8/h6,8,12H,4-5,7,11H2,1-3H3/b9-6-. The molecule has 3 N–H and O–H groups in total. The Morgan fingerprint density at radius 3 is 2.92 bits per heavy atom. The Balaban J connectivity index is 2.68. The van der Waals surface area contributed by atoms with Gasteiger partial charge in [0.15, 0.2) is 0 Å². The summed E-state index contributed by atoms with van der Waals surface area (Å²) in [7, 11) is 0. The summed E-state index contributed by atoms with van der Waals surface area (Å²) in [5.41, 5.74) is 6.05. The summed E-state index contributed by atoms with van der Waals surface area (Å²) >= 11 is 0. The lowest BCUT2D eigenvalue weighted by molar-refractivity contribution is 0.350. The quantitative estimate of drug-likeness (QED) is 0.579. The number of hydrogen-bond donors (Lipinski definition) is 2. The molecule has 1 aliphatic rings. The molecule has 1 aliphatic heterocycles. The Bertz CT molecular complexity index is 182. The summed E-state index contributed by atoms with van der Waals surface area (Å²) < 4.78 is 0. The third-order valence-electron chi connectivity index (χ3n) is 2.48. The number of hydrogen-bond acceptors (Lipinski definition) is 2. The molecule has 0 spiro atoms. The third-order valence-corrected chi connectivity index (χ3v) is 2.48. The predicted molar refractivity (Wildman–Crippen MR) is 52.5 cm³/mol. The lowest BCUT2D eigenvalue weighted by Crippen LogP contribution is -2.30. The predicted octanol–water partition coefficient (Wildman–Crippen LogP) is 1.83. The summed E-state index contributed by atoms with van der Waals surface area (Å²) in [5.74, 6) is 1.57. The van der Waals surface area contributed by atoms with Crippen LogP contribution in [0.3, 0.4) is 0 Å². The van der Waals surface area contributed by atoms with E-state index in [0.717, 1.165) is 18.3 Å². The van der Waals surface area contributed by atoms with Crippen molar-refractivity contribution >= 4 is 0 Å². The molecule has 1 atom stereocenters. The van der Waals surface area contributed by atoms with Crippen LogP contribution in [0.5, 0.6) is 0 Å². The van der Waals surface area contributed by atoms with Gasteiger partial charge in [0.25, 0.3) is 0 Å². The zero-order chi connectivity index (χ0) is 9.19. The fourth-order valence-corrected chi connectivity index (χ4v) is 1.56. The summed E-state index contributed by atoms with van der Waals surface area (Å²) in [4.78, 5) is 0. The molecule has 1 rings (SSSR count). The van der Waals surface area contributed by atoms with E-state index in [1.54, 1.807) is 0 Å². The topological polar surface area (TPSA) is 38.0 Å². The van der Waals surface area contributed by atoms with Crippen molar-refractivity contribution in [1.82, 2.24) is 5.32 Å². The molecule has 12 heavy (non-hydrogen) atoms. The zero-order valence-corrected chi connectivity index (χ0v) is 8.35. The Labute approximate surface area is 75.2 Å². The van der Waals surface area contributed by atoms with Gasteiger partial charge in [-0.2, -0.15) is 0 Å². The minimum absolute atomic E-state index is 0.256. The van der Waals surface area contributed by atoms with Crippen LogP contribution in [0.2, 0.25) is 0 Å². The van der Waals surface area contributed by atoms with E-state index < -0.39 is 0 Å². The largest absolute Gasteiger partial charge is 0.386 e. The highest BCUT2D eigenvalue weighted by atomic mass is 15.0. The van der Waals surface area contributed by atoms with Crippen LogP contribution in [-0.4, -0.2) is 6.54 Å². The molecule has 0 saturated carbocycles. The molecular weight excluding hydrogens is 148 g/mol. The highest BCUT2D eigenvalue weighted by molar-refractivity contribution is 5.03. The molecule has 0 aromatic rings. The molecule has 0 aliphatic carbocycles. The molecule has 0 fully saturated rings. The monoisotopic (exact) mass is 168 g/mol. The van der Waals surface area contributed by atoms with E-state index in [4.69, 9.17) is 5.73 Å². The van der Waals surface area contributed by atoms with Gasteiger partial charge in [-0.3, -0.25) is 0 Å². The Hall–Kier alpha value is -0.660. The van der Waals surface area contributed by atoms with Crippen LogP contribution in [0.4, 0.5) is 0 Å². The van der Waals surface area contributed by atoms with E-state index in [-0.39, 0.29) is 5.41 Å². The molecule has 1 heterocycles. The number of nitrogens with one attached hydrogen (secondary N) is 1. The average Bonchev–Trinajstić information content (AvgIpc) is 1.95. The normalized spacial score (nSPS) is 33.9. The first kappa shape index (κ1) is 9.43. The SMILES string of the molecule is CC1CCC(C)(C)/C=C(/N)NC1. The van der Waals surface area contributed by atoms with Crippen molar-refractivity contribution in [3.05, 3.63) is 11.9 Å². The summed E-state index contributed by atoms with van der Waals surface area (Å²) in [6.45, 7) is 7.75. The van der Waals surface area contributed by atoms with Gasteiger partial charge in [0.05, 0.1) is 5.82 Å². The molecule has 0 bridgehead atoms. The molecular formula is C10H20N2. The first-order chi connectivity index (χ1) is 5.49. The molecule has 0 saturated heterocycles. The van der Waals surface area contributed by atoms with Crippen molar-refractivity contribution in [2.45, 2.75) is 33.6 Å². The first-order valence-corrected chi connectivity index (χ1v) is 4.72. The number of rotatable bonds is 0. The second-order valence-electron chi connectivity index (χ2n) is 4.61. The molecule has 2 nitrogen and oxygen atoms in total. The van der Waals surface area contributed by atoms with Crippen LogP contribution in [0.25, 0.3) is 0 Å². The average molecular weight is 168 g/mol. The third kappa shape index (κ3) is 2.76. The van der Waals surface area contributed by atoms with Crippen molar-refractivity contribution in [3.63, 3.8) is 0 Å². The minimum Gasteiger partial charge on any atom is -0.386 e. The van der Waals surface area contributed by atoms with Gasteiger partial charge in [0.1, 0.15) is 0 Å². The maximum Gasteiger partial charge on any atom is 0.0924 e. The van der Waals surface area contributed by atoms with Gasteiger partial charge in [-0.1, -0.05) is 20.8 Å². The van der Waals surface area contributed by atoms with Crippen LogP contribution < -0.4 is 11.1 Å². The molecule has 0 amide bonds. The van der Waals surface area contributed by atoms with Gasteiger partial charge in [-0.25, -0.2) is 0 Å². The molecule has 2 heteroatoms. The van der Waals surface area contributed by atoms with E-state index in [0.29, 0.717) is 0 Å². The van der Waals surface area contributed by atoms with Crippen LogP contribution >= 0.6 is 0 Å². The molecule has 0 aromatic carbocycles. The maximum atomic E-state index is 5.79. The van der Waals surface area contributed by atoms with Gasteiger partial charge in [0, 0.05) is 6.54 Å². The van der Waals surface area contributed by atoms with Gasteiger partial charge in [0.2, 0.25) is 0 Å². The van der Waals surface area contributed by atoms with Crippen molar-refractivity contribution in [2.24, 2.45) is 17.1 Å². The first-order valence-electron chi connectivity index (χ1n) is 4.72. The summed E-state index contributed by atoms with van der Waals surface area (Å²) in [6.07, 6.45) is 4.65. The fraction of sp³-hybridized carbons (Fsp3) is 0.800. The van der Waals surface area contributed by atoms with E-state index in [1.165, 1.54) is 12.8 Å². The fourth-order valence-electron chi connectivity index (χ4n) is 1.56. The van der Waals surface area contributed by atoms with Crippen LogP contribution in [0, 0.1) is 11.3 Å². The van der Waals surface area contributed by atoms with Crippen molar-refractivity contribution < 1.29 is 0 Å². The Kier molecular flexibility index (Phi) is 2.65. The van der Waals surface area contributed by atoms with Gasteiger partial charge < -0.3 is 11.1 Å². The second-order valence-corrected chi connectivity index (χ2v) is 4.61. The smallest absolute Gasteiger partial charge is 0.0924 e. The lowest BCUT2D eigenvalue weighted by Gasteiger charge is -2.27. The van der Waals surface area contributed by atoms with Crippen molar-refractivity contribution in [1.29, 1.82) is 0 Å². The van der Waals surface area contributed by atoms with Crippen LogP contribution in [-0.2, 0) is 0 Å². The van der Waals surface area contributed by atoms with Crippen molar-refractivity contribution in [3.8, 4) is 0 Å². The second kappa shape index (κ2) is 3.38. The molecule has 0 aromatic heterocycles. The van der Waals surface area contributed by atoms with Gasteiger partial charge in [-0.15, -0.1) is 0 Å².